The lowest BCUT2D eigenvalue weighted by Crippen LogP contribution is -2.66. The van der Waals surface area contributed by atoms with Gasteiger partial charge in [-0.05, 0) is 34.0 Å². The molecular formula is C29H33Cl2NO2SSi. The summed E-state index contributed by atoms with van der Waals surface area (Å²) in [6.45, 7) is 9.03. The molecule has 1 saturated heterocycles. The molecular weight excluding hydrogens is 525 g/mol. The molecule has 0 aromatic heterocycles. The summed E-state index contributed by atoms with van der Waals surface area (Å²) in [6.07, 6.45) is 1.53. The normalized spacial score (nSPS) is 16.5. The number of rotatable bonds is 8. The number of benzene rings is 3. The number of hydrogen-bond donors (Lipinski definition) is 1. The molecule has 3 aromatic carbocycles. The van der Waals surface area contributed by atoms with Crippen LogP contribution in [-0.4, -0.2) is 43.0 Å². The Hall–Kier alpha value is -1.89. The maximum Gasteiger partial charge on any atom is 0.261 e. The number of phenols is 1. The molecule has 1 N–H and O–H groups in total. The van der Waals surface area contributed by atoms with Gasteiger partial charge < -0.3 is 14.4 Å². The van der Waals surface area contributed by atoms with Gasteiger partial charge in [-0.1, -0.05) is 117 Å². The van der Waals surface area contributed by atoms with Crippen LogP contribution in [-0.2, 0) is 4.43 Å². The highest BCUT2D eigenvalue weighted by atomic mass is 35.5. The molecule has 4 rings (SSSR count). The first-order valence-corrected chi connectivity index (χ1v) is 15.4. The van der Waals surface area contributed by atoms with Gasteiger partial charge in [-0.2, -0.15) is 0 Å². The molecule has 1 atom stereocenters. The minimum atomic E-state index is -2.55. The van der Waals surface area contributed by atoms with E-state index >= 15 is 0 Å². The molecule has 1 aliphatic rings. The Morgan fingerprint density at radius 3 is 2.11 bits per heavy atom. The Bertz CT molecular complexity index is 1160. The van der Waals surface area contributed by atoms with Crippen molar-refractivity contribution in [1.29, 1.82) is 0 Å². The zero-order valence-electron chi connectivity index (χ0n) is 21.0. The van der Waals surface area contributed by atoms with E-state index in [4.69, 9.17) is 39.8 Å². The van der Waals surface area contributed by atoms with E-state index in [-0.39, 0.29) is 16.7 Å². The highest BCUT2D eigenvalue weighted by Crippen LogP contribution is 2.42. The van der Waals surface area contributed by atoms with Gasteiger partial charge in [-0.3, -0.25) is 0 Å². The van der Waals surface area contributed by atoms with Gasteiger partial charge in [-0.25, -0.2) is 0 Å². The fraction of sp³-hybridized carbons (Fsp3) is 0.345. The van der Waals surface area contributed by atoms with Crippen molar-refractivity contribution in [2.75, 3.05) is 19.7 Å². The molecule has 1 fully saturated rings. The first-order chi connectivity index (χ1) is 17.1. The van der Waals surface area contributed by atoms with Crippen LogP contribution in [0.2, 0.25) is 15.1 Å². The quantitative estimate of drug-likeness (QED) is 0.188. The molecule has 0 aliphatic carbocycles. The molecule has 1 unspecified atom stereocenters. The first kappa shape index (κ1) is 27.1. The van der Waals surface area contributed by atoms with Crippen LogP contribution in [0.5, 0.6) is 5.75 Å². The molecule has 3 aromatic rings. The Kier molecular flexibility index (Phi) is 8.48. The van der Waals surface area contributed by atoms with Crippen LogP contribution >= 0.6 is 35.4 Å². The molecule has 0 amide bonds. The van der Waals surface area contributed by atoms with Crippen molar-refractivity contribution in [3.05, 3.63) is 88.4 Å². The molecule has 190 valence electrons. The van der Waals surface area contributed by atoms with Crippen molar-refractivity contribution in [3.8, 4) is 5.75 Å². The van der Waals surface area contributed by atoms with Gasteiger partial charge in [0.25, 0.3) is 8.32 Å². The van der Waals surface area contributed by atoms with E-state index in [1.165, 1.54) is 10.4 Å². The van der Waals surface area contributed by atoms with Crippen LogP contribution in [0, 0.1) is 0 Å². The van der Waals surface area contributed by atoms with Crippen LogP contribution in [0.25, 0.3) is 0 Å². The van der Waals surface area contributed by atoms with Crippen molar-refractivity contribution >= 4 is 59.1 Å². The third kappa shape index (κ3) is 5.36. The van der Waals surface area contributed by atoms with Crippen molar-refractivity contribution in [2.24, 2.45) is 0 Å². The summed E-state index contributed by atoms with van der Waals surface area (Å²) < 4.78 is 7.02. The Labute approximate surface area is 231 Å². The van der Waals surface area contributed by atoms with Gasteiger partial charge >= 0.3 is 0 Å². The first-order valence-electron chi connectivity index (χ1n) is 12.3. The van der Waals surface area contributed by atoms with Crippen molar-refractivity contribution in [1.82, 2.24) is 4.90 Å². The minimum absolute atomic E-state index is 0.0290. The van der Waals surface area contributed by atoms with Crippen LogP contribution in [0.4, 0.5) is 0 Å². The predicted octanol–water partition coefficient (Wildman–Crippen LogP) is 6.78. The summed E-state index contributed by atoms with van der Waals surface area (Å²) in [5, 5.41) is 13.8. The molecule has 0 bridgehead atoms. The maximum atomic E-state index is 10.4. The second kappa shape index (κ2) is 11.2. The largest absolute Gasteiger partial charge is 0.508 e. The zero-order valence-corrected chi connectivity index (χ0v) is 24.3. The second-order valence-electron chi connectivity index (χ2n) is 10.4. The molecule has 1 heterocycles. The van der Waals surface area contributed by atoms with E-state index in [9.17, 15) is 5.11 Å². The van der Waals surface area contributed by atoms with E-state index < -0.39 is 8.32 Å². The standard InChI is InChI=1S/C29H33Cl2NO2SSi/c1-29(2,3)36(22-11-6-4-7-12-22,23-13-8-5-9-14-23)34-18-10-17-32-20-21(19-26(32)35)27-25(33)16-15-24(30)28(27)31/h4-9,11-16,21,33H,10,17-20H2,1-3H3. The number of aromatic hydroxyl groups is 1. The van der Waals surface area contributed by atoms with Crippen molar-refractivity contribution < 1.29 is 9.53 Å². The summed E-state index contributed by atoms with van der Waals surface area (Å²) >= 11 is 18.4. The molecule has 7 heteroatoms. The van der Waals surface area contributed by atoms with Crippen molar-refractivity contribution in [2.45, 2.75) is 44.6 Å². The van der Waals surface area contributed by atoms with Gasteiger partial charge in [0.05, 0.1) is 15.0 Å². The van der Waals surface area contributed by atoms with Crippen LogP contribution in [0.15, 0.2) is 72.8 Å². The monoisotopic (exact) mass is 557 g/mol. The maximum absolute atomic E-state index is 10.4. The fourth-order valence-electron chi connectivity index (χ4n) is 5.37. The summed E-state index contributed by atoms with van der Waals surface area (Å²) in [5.74, 6) is 0.204. The van der Waals surface area contributed by atoms with Gasteiger partial charge in [0.15, 0.2) is 0 Å². The molecule has 36 heavy (non-hydrogen) atoms. The van der Waals surface area contributed by atoms with Crippen LogP contribution < -0.4 is 10.4 Å². The Morgan fingerprint density at radius 2 is 1.56 bits per heavy atom. The summed E-state index contributed by atoms with van der Waals surface area (Å²) in [6, 6.07) is 24.6. The highest BCUT2D eigenvalue weighted by molar-refractivity contribution is 7.80. The Balaban J connectivity index is 1.49. The number of thiocarbonyl (C=S) groups is 1. The summed E-state index contributed by atoms with van der Waals surface area (Å²) in [5.41, 5.74) is 0.692. The molecule has 0 spiro atoms. The zero-order chi connectivity index (χ0) is 25.9. The molecule has 0 radical (unpaired) electrons. The lowest BCUT2D eigenvalue weighted by molar-refractivity contribution is 0.274. The minimum Gasteiger partial charge on any atom is -0.508 e. The average molecular weight is 559 g/mol. The third-order valence-corrected chi connectivity index (χ3v) is 13.3. The molecule has 0 saturated carbocycles. The van der Waals surface area contributed by atoms with Crippen LogP contribution in [0.3, 0.4) is 0 Å². The smallest absolute Gasteiger partial charge is 0.261 e. The van der Waals surface area contributed by atoms with E-state index in [2.05, 4.69) is 86.3 Å². The van der Waals surface area contributed by atoms with Gasteiger partial charge in [0.2, 0.25) is 0 Å². The highest BCUT2D eigenvalue weighted by Gasteiger charge is 2.50. The third-order valence-electron chi connectivity index (χ3n) is 7.04. The van der Waals surface area contributed by atoms with E-state index in [0.717, 1.165) is 18.0 Å². The van der Waals surface area contributed by atoms with Gasteiger partial charge in [0.1, 0.15) is 5.75 Å². The van der Waals surface area contributed by atoms with Crippen LogP contribution in [0.1, 0.15) is 45.1 Å². The Morgan fingerprint density at radius 1 is 0.972 bits per heavy atom. The summed E-state index contributed by atoms with van der Waals surface area (Å²) in [4.78, 5) is 3.10. The number of phenolic OH excluding ortho intramolecular Hbond substituents is 1. The number of nitrogens with zero attached hydrogens (tertiary/aromatic N) is 1. The molecule has 1 aliphatic heterocycles. The van der Waals surface area contributed by atoms with E-state index in [1.807, 2.05) is 0 Å². The fourth-order valence-corrected chi connectivity index (χ4v) is 10.8. The lowest BCUT2D eigenvalue weighted by atomic mass is 9.97. The van der Waals surface area contributed by atoms with Gasteiger partial charge in [0, 0.05) is 37.6 Å². The SMILES string of the molecule is CC(C)(C)[Si](OCCCN1CC(c2c(O)ccc(Cl)c2Cl)CC1=S)(c1ccccc1)c1ccccc1. The second-order valence-corrected chi connectivity index (χ2v) is 16.0. The van der Waals surface area contributed by atoms with Crippen molar-refractivity contribution in [3.63, 3.8) is 0 Å². The number of halogens is 2. The predicted molar refractivity (Wildman–Crippen MR) is 158 cm³/mol. The van der Waals surface area contributed by atoms with E-state index in [0.29, 0.717) is 35.2 Å². The number of hydrogen-bond acceptors (Lipinski definition) is 3. The summed E-state index contributed by atoms with van der Waals surface area (Å²) in [7, 11) is -2.55. The topological polar surface area (TPSA) is 32.7 Å². The van der Waals surface area contributed by atoms with Gasteiger partial charge in [-0.15, -0.1) is 0 Å². The molecule has 3 nitrogen and oxygen atoms in total. The average Bonchev–Trinajstić information content (AvgIpc) is 3.22. The number of likely N-dealkylation sites (tertiary alicyclic amines) is 1. The van der Waals surface area contributed by atoms with E-state index in [1.54, 1.807) is 12.1 Å². The lowest BCUT2D eigenvalue weighted by Gasteiger charge is -2.43.